The Hall–Kier alpha value is -1.93. The molecule has 0 bridgehead atoms. The van der Waals surface area contributed by atoms with Crippen LogP contribution in [0.1, 0.15) is 26.4 Å². The maximum atomic E-state index is 12.0. The molecule has 0 aliphatic rings. The van der Waals surface area contributed by atoms with Crippen molar-refractivity contribution in [1.82, 2.24) is 15.8 Å². The van der Waals surface area contributed by atoms with E-state index in [2.05, 4.69) is 31.8 Å². The lowest BCUT2D eigenvalue weighted by molar-refractivity contribution is 0.0844. The molecule has 2 amide bonds. The standard InChI is InChI=1S/C14H14BrN3O3S/c1-22(21)8-9-3-2-4-10(5-9)13(19)17-18-14(20)12-6-11(15)7-16-12/h2-7,16H,8H2,1H3,(H,17,19)(H,18,20). The summed E-state index contributed by atoms with van der Waals surface area (Å²) in [6.07, 6.45) is 3.21. The molecule has 0 fully saturated rings. The largest absolute Gasteiger partial charge is 0.356 e. The van der Waals surface area contributed by atoms with Gasteiger partial charge in [-0.3, -0.25) is 24.6 Å². The second-order valence-corrected chi connectivity index (χ2v) is 6.91. The van der Waals surface area contributed by atoms with Gasteiger partial charge in [-0.2, -0.15) is 0 Å². The zero-order chi connectivity index (χ0) is 16.1. The Kier molecular flexibility index (Phi) is 5.51. The summed E-state index contributed by atoms with van der Waals surface area (Å²) < 4.78 is 12.0. The topological polar surface area (TPSA) is 91.1 Å². The van der Waals surface area contributed by atoms with Gasteiger partial charge in [-0.15, -0.1) is 0 Å². The van der Waals surface area contributed by atoms with Crippen molar-refractivity contribution >= 4 is 38.5 Å². The van der Waals surface area contributed by atoms with Crippen LogP contribution in [-0.2, 0) is 16.6 Å². The first-order valence-electron chi connectivity index (χ1n) is 6.29. The molecule has 22 heavy (non-hydrogen) atoms. The first-order chi connectivity index (χ1) is 10.5. The van der Waals surface area contributed by atoms with E-state index in [1.165, 1.54) is 0 Å². The number of hydrogen-bond donors (Lipinski definition) is 3. The third-order valence-corrected chi connectivity index (χ3v) is 3.94. The quantitative estimate of drug-likeness (QED) is 0.702. The Morgan fingerprint density at radius 3 is 2.59 bits per heavy atom. The van der Waals surface area contributed by atoms with Gasteiger partial charge in [0.25, 0.3) is 11.8 Å². The molecule has 3 N–H and O–H groups in total. The Bertz CT molecular complexity index is 730. The van der Waals surface area contributed by atoms with Crippen LogP contribution in [0, 0.1) is 0 Å². The molecule has 0 radical (unpaired) electrons. The van der Waals surface area contributed by atoms with E-state index in [9.17, 15) is 13.8 Å². The molecule has 0 saturated heterocycles. The maximum Gasteiger partial charge on any atom is 0.286 e. The first kappa shape index (κ1) is 16.4. The average Bonchev–Trinajstić information content (AvgIpc) is 2.90. The summed E-state index contributed by atoms with van der Waals surface area (Å²) in [6, 6.07) is 8.37. The number of hydrazine groups is 1. The molecule has 1 atom stereocenters. The highest BCUT2D eigenvalue weighted by molar-refractivity contribution is 9.10. The van der Waals surface area contributed by atoms with Crippen LogP contribution in [0.3, 0.4) is 0 Å². The van der Waals surface area contributed by atoms with Gasteiger partial charge in [0, 0.05) is 39.0 Å². The van der Waals surface area contributed by atoms with Gasteiger partial charge in [0.05, 0.1) is 0 Å². The molecule has 0 saturated carbocycles. The summed E-state index contributed by atoms with van der Waals surface area (Å²) in [5.41, 5.74) is 6.16. The lowest BCUT2D eigenvalue weighted by Crippen LogP contribution is -2.41. The van der Waals surface area contributed by atoms with E-state index >= 15 is 0 Å². The monoisotopic (exact) mass is 383 g/mol. The molecule has 2 aromatic rings. The van der Waals surface area contributed by atoms with E-state index in [0.29, 0.717) is 17.0 Å². The number of aromatic nitrogens is 1. The first-order valence-corrected chi connectivity index (χ1v) is 8.81. The summed E-state index contributed by atoms with van der Waals surface area (Å²) >= 11 is 3.22. The zero-order valence-electron chi connectivity index (χ0n) is 11.7. The Labute approximate surface area is 138 Å². The molecule has 8 heteroatoms. The number of amides is 2. The highest BCUT2D eigenvalue weighted by Gasteiger charge is 2.11. The zero-order valence-corrected chi connectivity index (χ0v) is 14.1. The molecule has 1 aromatic carbocycles. The van der Waals surface area contributed by atoms with Gasteiger partial charge in [-0.1, -0.05) is 12.1 Å². The van der Waals surface area contributed by atoms with E-state index in [0.717, 1.165) is 10.0 Å². The van der Waals surface area contributed by atoms with Gasteiger partial charge in [0.15, 0.2) is 0 Å². The van der Waals surface area contributed by atoms with Crippen molar-refractivity contribution in [3.8, 4) is 0 Å². The summed E-state index contributed by atoms with van der Waals surface area (Å²) in [5.74, 6) is -0.517. The van der Waals surface area contributed by atoms with E-state index in [-0.39, 0.29) is 0 Å². The van der Waals surface area contributed by atoms with E-state index < -0.39 is 22.6 Å². The normalized spacial score (nSPS) is 11.7. The fourth-order valence-corrected chi connectivity index (χ4v) is 2.78. The Morgan fingerprint density at radius 2 is 1.95 bits per heavy atom. The molecule has 6 nitrogen and oxygen atoms in total. The van der Waals surface area contributed by atoms with Gasteiger partial charge in [0.2, 0.25) is 0 Å². The summed E-state index contributed by atoms with van der Waals surface area (Å²) in [7, 11) is -0.982. The number of aromatic amines is 1. The summed E-state index contributed by atoms with van der Waals surface area (Å²) in [6.45, 7) is 0. The van der Waals surface area contributed by atoms with Gasteiger partial charge in [-0.05, 0) is 39.7 Å². The van der Waals surface area contributed by atoms with Crippen LogP contribution < -0.4 is 10.9 Å². The predicted molar refractivity (Wildman–Crippen MR) is 87.6 cm³/mol. The molecule has 2 rings (SSSR count). The molecule has 116 valence electrons. The molecule has 1 aromatic heterocycles. The van der Waals surface area contributed by atoms with Crippen molar-refractivity contribution in [1.29, 1.82) is 0 Å². The van der Waals surface area contributed by atoms with Crippen LogP contribution in [0.2, 0.25) is 0 Å². The van der Waals surface area contributed by atoms with E-state index in [1.54, 1.807) is 42.8 Å². The molecule has 0 aliphatic heterocycles. The van der Waals surface area contributed by atoms with Crippen LogP contribution >= 0.6 is 15.9 Å². The van der Waals surface area contributed by atoms with Crippen LogP contribution in [0.15, 0.2) is 41.0 Å². The minimum absolute atomic E-state index is 0.322. The number of benzene rings is 1. The van der Waals surface area contributed by atoms with Crippen LogP contribution in [0.4, 0.5) is 0 Å². The third-order valence-electron chi connectivity index (χ3n) is 2.74. The number of carbonyl (C=O) groups is 2. The highest BCUT2D eigenvalue weighted by Crippen LogP contribution is 2.10. The maximum absolute atomic E-state index is 12.0. The van der Waals surface area contributed by atoms with Crippen molar-refractivity contribution in [3.05, 3.63) is 57.8 Å². The lowest BCUT2D eigenvalue weighted by atomic mass is 10.1. The Balaban J connectivity index is 1.97. The second-order valence-electron chi connectivity index (χ2n) is 4.56. The minimum Gasteiger partial charge on any atom is -0.356 e. The van der Waals surface area contributed by atoms with Crippen LogP contribution in [0.5, 0.6) is 0 Å². The molecule has 1 unspecified atom stereocenters. The van der Waals surface area contributed by atoms with Crippen molar-refractivity contribution in [2.75, 3.05) is 6.26 Å². The molecule has 0 spiro atoms. The van der Waals surface area contributed by atoms with Crippen LogP contribution in [-0.4, -0.2) is 27.3 Å². The number of halogens is 1. The fourth-order valence-electron chi connectivity index (χ4n) is 1.79. The Morgan fingerprint density at radius 1 is 1.23 bits per heavy atom. The summed E-state index contributed by atoms with van der Waals surface area (Å²) in [4.78, 5) is 26.5. The minimum atomic E-state index is -0.982. The van der Waals surface area contributed by atoms with Gasteiger partial charge < -0.3 is 4.98 Å². The van der Waals surface area contributed by atoms with Crippen molar-refractivity contribution in [2.24, 2.45) is 0 Å². The lowest BCUT2D eigenvalue weighted by Gasteiger charge is -2.07. The van der Waals surface area contributed by atoms with Gasteiger partial charge in [-0.25, -0.2) is 0 Å². The smallest absolute Gasteiger partial charge is 0.286 e. The van der Waals surface area contributed by atoms with E-state index in [1.807, 2.05) is 0 Å². The molecule has 1 heterocycles. The fraction of sp³-hybridized carbons (Fsp3) is 0.143. The number of hydrogen-bond acceptors (Lipinski definition) is 3. The summed E-state index contributed by atoms with van der Waals surface area (Å²) in [5, 5.41) is 0. The van der Waals surface area contributed by atoms with E-state index in [4.69, 9.17) is 0 Å². The molecule has 0 aliphatic carbocycles. The number of H-pyrrole nitrogens is 1. The van der Waals surface area contributed by atoms with Crippen LogP contribution in [0.25, 0.3) is 0 Å². The van der Waals surface area contributed by atoms with Gasteiger partial charge >= 0.3 is 0 Å². The SMILES string of the molecule is CS(=O)Cc1cccc(C(=O)NNC(=O)c2cc(Br)c[nH]2)c1. The second kappa shape index (κ2) is 7.37. The predicted octanol–water partition coefficient (Wildman–Crippen LogP) is 1.73. The highest BCUT2D eigenvalue weighted by atomic mass is 79.9. The van der Waals surface area contributed by atoms with Crippen molar-refractivity contribution in [2.45, 2.75) is 5.75 Å². The number of rotatable bonds is 4. The number of nitrogens with one attached hydrogen (secondary N) is 3. The van der Waals surface area contributed by atoms with Crippen molar-refractivity contribution in [3.63, 3.8) is 0 Å². The molecular formula is C14H14BrN3O3S. The average molecular weight is 384 g/mol. The number of carbonyl (C=O) groups excluding carboxylic acids is 2. The third kappa shape index (κ3) is 4.54. The van der Waals surface area contributed by atoms with Crippen molar-refractivity contribution < 1.29 is 13.8 Å². The van der Waals surface area contributed by atoms with Gasteiger partial charge in [0.1, 0.15) is 5.69 Å². The molecular weight excluding hydrogens is 370 g/mol.